The van der Waals surface area contributed by atoms with Crippen LogP contribution in [-0.4, -0.2) is 41.8 Å². The van der Waals surface area contributed by atoms with Crippen LogP contribution in [0.25, 0.3) is 6.08 Å². The number of aromatic nitrogens is 1. The van der Waals surface area contributed by atoms with E-state index >= 15 is 0 Å². The Bertz CT molecular complexity index is 678. The molecule has 1 aromatic heterocycles. The molecule has 2 heterocycles. The van der Waals surface area contributed by atoms with Crippen LogP contribution in [0.5, 0.6) is 0 Å². The molecule has 0 radical (unpaired) electrons. The van der Waals surface area contributed by atoms with Crippen LogP contribution in [0, 0.1) is 0 Å². The maximum Gasteiger partial charge on any atom is 0.305 e. The first-order valence-corrected chi connectivity index (χ1v) is 9.94. The number of carbonyl (C=O) groups is 2. The van der Waals surface area contributed by atoms with Crippen molar-refractivity contribution in [3.63, 3.8) is 0 Å². The number of hydrogen-bond donors (Lipinski definition) is 0. The fourth-order valence-electron chi connectivity index (χ4n) is 3.13. The minimum Gasteiger partial charge on any atom is -0.469 e. The number of Topliss-reactive ketones (excluding diaryl/α,β-unsaturated/α-hetero) is 1. The highest BCUT2D eigenvalue weighted by molar-refractivity contribution is 5.94. The number of unbranched alkanes of at least 4 members (excludes halogenated alkanes) is 2. The molecule has 7 nitrogen and oxygen atoms in total. The van der Waals surface area contributed by atoms with Gasteiger partial charge in [-0.1, -0.05) is 19.8 Å². The molecule has 2 rings (SSSR count). The van der Waals surface area contributed by atoms with Crippen molar-refractivity contribution >= 4 is 17.8 Å². The van der Waals surface area contributed by atoms with Gasteiger partial charge >= 0.3 is 5.97 Å². The van der Waals surface area contributed by atoms with Crippen LogP contribution in [-0.2, 0) is 19.0 Å². The fourth-order valence-corrected chi connectivity index (χ4v) is 3.13. The third-order valence-electron chi connectivity index (χ3n) is 4.56. The summed E-state index contributed by atoms with van der Waals surface area (Å²) in [5.41, 5.74) is 0.356. The average molecular weight is 393 g/mol. The Morgan fingerprint density at radius 3 is 2.71 bits per heavy atom. The van der Waals surface area contributed by atoms with Crippen LogP contribution < -0.4 is 0 Å². The summed E-state index contributed by atoms with van der Waals surface area (Å²) in [7, 11) is 1.38. The predicted octanol–water partition coefficient (Wildman–Crippen LogP) is 4.31. The largest absolute Gasteiger partial charge is 0.469 e. The number of rotatable bonds is 11. The standard InChI is InChI=1S/C21H31NO6/c1-5-6-7-9-16(23)15-14-26-19(22-15)13-12-18-17(27-21(2,3)28-18)10-8-11-20(24)25-4/h12-14,17-18H,5-11H2,1-4H3/b13-12+/t17-,18+/m0/s1. The molecule has 1 saturated heterocycles. The smallest absolute Gasteiger partial charge is 0.305 e. The fraction of sp³-hybridized carbons (Fsp3) is 0.667. The Morgan fingerprint density at radius 1 is 1.21 bits per heavy atom. The number of oxazole rings is 1. The molecule has 156 valence electrons. The summed E-state index contributed by atoms with van der Waals surface area (Å²) < 4.78 is 21.9. The van der Waals surface area contributed by atoms with Crippen LogP contribution >= 0.6 is 0 Å². The van der Waals surface area contributed by atoms with Crippen molar-refractivity contribution in [3.8, 4) is 0 Å². The Kier molecular flexibility index (Phi) is 8.38. The van der Waals surface area contributed by atoms with Crippen LogP contribution in [0.15, 0.2) is 16.8 Å². The van der Waals surface area contributed by atoms with Gasteiger partial charge < -0.3 is 18.6 Å². The number of ketones is 1. The zero-order chi connectivity index (χ0) is 20.6. The maximum atomic E-state index is 12.1. The van der Waals surface area contributed by atoms with Gasteiger partial charge in [0.15, 0.2) is 11.6 Å². The second-order valence-corrected chi connectivity index (χ2v) is 7.42. The Labute approximate surface area is 166 Å². The first kappa shape index (κ1) is 22.3. The SMILES string of the molecule is CCCCCC(=O)c1coc(/C=C/[C@H]2OC(C)(C)O[C@H]2CCCC(=O)OC)n1. The number of carbonyl (C=O) groups excluding carboxylic acids is 2. The predicted molar refractivity (Wildman–Crippen MR) is 104 cm³/mol. The highest BCUT2D eigenvalue weighted by atomic mass is 16.7. The van der Waals surface area contributed by atoms with E-state index in [1.165, 1.54) is 13.4 Å². The lowest BCUT2D eigenvalue weighted by molar-refractivity contribution is -0.144. The molecule has 0 aromatic carbocycles. The van der Waals surface area contributed by atoms with Crippen molar-refractivity contribution in [2.24, 2.45) is 0 Å². The summed E-state index contributed by atoms with van der Waals surface area (Å²) in [6.07, 6.45) is 9.57. The molecule has 0 N–H and O–H groups in total. The van der Waals surface area contributed by atoms with Crippen molar-refractivity contribution in [2.75, 3.05) is 7.11 Å². The monoisotopic (exact) mass is 393 g/mol. The zero-order valence-electron chi connectivity index (χ0n) is 17.2. The van der Waals surface area contributed by atoms with Gasteiger partial charge in [0.1, 0.15) is 18.1 Å². The zero-order valence-corrected chi connectivity index (χ0v) is 17.2. The third-order valence-corrected chi connectivity index (χ3v) is 4.56. The molecule has 1 aliphatic rings. The van der Waals surface area contributed by atoms with Crippen molar-refractivity contribution in [3.05, 3.63) is 23.9 Å². The summed E-state index contributed by atoms with van der Waals surface area (Å²) in [5, 5.41) is 0. The molecule has 0 aliphatic carbocycles. The van der Waals surface area contributed by atoms with E-state index in [0.29, 0.717) is 37.3 Å². The minimum atomic E-state index is -0.706. The van der Waals surface area contributed by atoms with Crippen molar-refractivity contribution in [1.29, 1.82) is 0 Å². The molecule has 7 heteroatoms. The van der Waals surface area contributed by atoms with Gasteiger partial charge in [0.05, 0.1) is 13.2 Å². The highest BCUT2D eigenvalue weighted by Gasteiger charge is 2.39. The number of esters is 1. The van der Waals surface area contributed by atoms with E-state index < -0.39 is 5.79 Å². The topological polar surface area (TPSA) is 87.9 Å². The molecular formula is C21H31NO6. The highest BCUT2D eigenvalue weighted by Crippen LogP contribution is 2.32. The quantitative estimate of drug-likeness (QED) is 0.314. The van der Waals surface area contributed by atoms with E-state index in [0.717, 1.165) is 19.3 Å². The first-order valence-electron chi connectivity index (χ1n) is 9.94. The van der Waals surface area contributed by atoms with Crippen molar-refractivity contribution in [1.82, 2.24) is 4.98 Å². The van der Waals surface area contributed by atoms with Gasteiger partial charge in [0.25, 0.3) is 0 Å². The van der Waals surface area contributed by atoms with E-state index in [1.54, 1.807) is 6.08 Å². The average Bonchev–Trinajstić information content (AvgIpc) is 3.24. The summed E-state index contributed by atoms with van der Waals surface area (Å²) in [4.78, 5) is 27.6. The van der Waals surface area contributed by atoms with E-state index in [1.807, 2.05) is 19.9 Å². The molecular weight excluding hydrogens is 362 g/mol. The molecule has 0 saturated carbocycles. The molecule has 0 spiro atoms. The van der Waals surface area contributed by atoms with E-state index in [2.05, 4.69) is 16.6 Å². The normalized spacial score (nSPS) is 21.3. The molecule has 0 amide bonds. The second kappa shape index (κ2) is 10.5. The maximum absolute atomic E-state index is 12.1. The number of methoxy groups -OCH3 is 1. The van der Waals surface area contributed by atoms with Gasteiger partial charge in [-0.2, -0.15) is 0 Å². The lowest BCUT2D eigenvalue weighted by atomic mass is 10.1. The Balaban J connectivity index is 1.93. The summed E-state index contributed by atoms with van der Waals surface area (Å²) in [5.74, 6) is -0.581. The molecule has 0 unspecified atom stereocenters. The molecule has 2 atom stereocenters. The van der Waals surface area contributed by atoms with E-state index in [4.69, 9.17) is 13.9 Å². The third kappa shape index (κ3) is 6.87. The van der Waals surface area contributed by atoms with Gasteiger partial charge in [-0.25, -0.2) is 4.98 Å². The van der Waals surface area contributed by atoms with Gasteiger partial charge in [0, 0.05) is 12.8 Å². The number of nitrogens with zero attached hydrogens (tertiary/aromatic N) is 1. The van der Waals surface area contributed by atoms with Crippen LogP contribution in [0.2, 0.25) is 0 Å². The molecule has 0 bridgehead atoms. The van der Waals surface area contributed by atoms with Crippen molar-refractivity contribution in [2.45, 2.75) is 83.7 Å². The number of ether oxygens (including phenoxy) is 3. The Hall–Kier alpha value is -1.99. The number of hydrogen-bond acceptors (Lipinski definition) is 7. The van der Waals surface area contributed by atoms with Gasteiger partial charge in [-0.3, -0.25) is 9.59 Å². The van der Waals surface area contributed by atoms with Crippen LogP contribution in [0.1, 0.15) is 82.1 Å². The van der Waals surface area contributed by atoms with Crippen molar-refractivity contribution < 1.29 is 28.2 Å². The first-order chi connectivity index (χ1) is 13.3. The van der Waals surface area contributed by atoms with Gasteiger partial charge in [-0.05, 0) is 45.3 Å². The summed E-state index contributed by atoms with van der Waals surface area (Å²) in [6, 6.07) is 0. The molecule has 1 aromatic rings. The molecule has 1 aliphatic heterocycles. The lowest BCUT2D eigenvalue weighted by Gasteiger charge is -2.16. The lowest BCUT2D eigenvalue weighted by Crippen LogP contribution is -2.21. The van der Waals surface area contributed by atoms with Crippen LogP contribution in [0.3, 0.4) is 0 Å². The Morgan fingerprint density at radius 2 is 2.00 bits per heavy atom. The van der Waals surface area contributed by atoms with E-state index in [9.17, 15) is 9.59 Å². The summed E-state index contributed by atoms with van der Waals surface area (Å²) >= 11 is 0. The van der Waals surface area contributed by atoms with Gasteiger partial charge in [0.2, 0.25) is 5.89 Å². The second-order valence-electron chi connectivity index (χ2n) is 7.42. The van der Waals surface area contributed by atoms with Crippen LogP contribution in [0.4, 0.5) is 0 Å². The molecule has 1 fully saturated rings. The molecule has 28 heavy (non-hydrogen) atoms. The van der Waals surface area contributed by atoms with E-state index in [-0.39, 0.29) is 24.0 Å². The minimum absolute atomic E-state index is 0.000815. The van der Waals surface area contributed by atoms with Gasteiger partial charge in [-0.15, -0.1) is 0 Å². The summed E-state index contributed by atoms with van der Waals surface area (Å²) in [6.45, 7) is 5.81.